The van der Waals surface area contributed by atoms with Gasteiger partial charge in [0.1, 0.15) is 5.75 Å². The van der Waals surface area contributed by atoms with Crippen LogP contribution in [-0.4, -0.2) is 40.7 Å². The topological polar surface area (TPSA) is 56.1 Å². The molecule has 1 N–H and O–H groups in total. The van der Waals surface area contributed by atoms with Crippen molar-refractivity contribution in [3.63, 3.8) is 0 Å². The molecule has 0 radical (unpaired) electrons. The molecular weight excluding hydrogens is 446 g/mol. The molecule has 0 aromatic heterocycles. The molecule has 2 aromatic carbocycles. The monoisotopic (exact) mass is 461 g/mol. The molecule has 0 saturated carbocycles. The molecule has 1 aliphatic heterocycles. The van der Waals surface area contributed by atoms with Crippen molar-refractivity contribution in [2.45, 2.75) is 0 Å². The van der Waals surface area contributed by atoms with E-state index in [1.165, 1.54) is 23.0 Å². The standard InChI is InChI=1S/C19H16BrN3O2S2/c1-22(2)15-6-3-12(4-7-15)9-17-18(25)23(19(26)27-17)21-11-13-10-14(20)5-8-16(13)24/h3-11,24H,1-2H3. The highest BCUT2D eigenvalue weighted by Gasteiger charge is 2.32. The van der Waals surface area contributed by atoms with Crippen molar-refractivity contribution in [1.82, 2.24) is 5.01 Å². The number of benzene rings is 2. The van der Waals surface area contributed by atoms with E-state index in [2.05, 4.69) is 21.0 Å². The number of amides is 1. The molecule has 1 heterocycles. The van der Waals surface area contributed by atoms with E-state index in [-0.39, 0.29) is 11.7 Å². The van der Waals surface area contributed by atoms with Gasteiger partial charge in [0.15, 0.2) is 4.32 Å². The van der Waals surface area contributed by atoms with Gasteiger partial charge in [-0.2, -0.15) is 10.1 Å². The molecule has 0 unspecified atom stereocenters. The van der Waals surface area contributed by atoms with Gasteiger partial charge in [-0.15, -0.1) is 0 Å². The van der Waals surface area contributed by atoms with Crippen LogP contribution in [0.5, 0.6) is 5.75 Å². The van der Waals surface area contributed by atoms with Crippen LogP contribution < -0.4 is 4.90 Å². The Bertz CT molecular complexity index is 956. The maximum atomic E-state index is 12.6. The average Bonchev–Trinajstić information content (AvgIpc) is 2.89. The summed E-state index contributed by atoms with van der Waals surface area (Å²) in [6.07, 6.45) is 3.21. The second-order valence-corrected chi connectivity index (χ2v) is 8.52. The lowest BCUT2D eigenvalue weighted by molar-refractivity contribution is -0.122. The molecule has 27 heavy (non-hydrogen) atoms. The summed E-state index contributed by atoms with van der Waals surface area (Å²) < 4.78 is 1.15. The number of phenolic OH excluding ortho intramolecular Hbond substituents is 1. The highest BCUT2D eigenvalue weighted by molar-refractivity contribution is 9.10. The maximum Gasteiger partial charge on any atom is 0.286 e. The summed E-state index contributed by atoms with van der Waals surface area (Å²) in [7, 11) is 3.95. The molecule has 1 saturated heterocycles. The van der Waals surface area contributed by atoms with E-state index in [0.717, 1.165) is 15.7 Å². The van der Waals surface area contributed by atoms with Crippen LogP contribution in [0.1, 0.15) is 11.1 Å². The first-order valence-corrected chi connectivity index (χ1v) is 9.95. The first-order valence-electron chi connectivity index (χ1n) is 7.93. The van der Waals surface area contributed by atoms with Gasteiger partial charge in [-0.05, 0) is 54.2 Å². The van der Waals surface area contributed by atoms with Crippen molar-refractivity contribution >= 4 is 68.1 Å². The number of hydrazone groups is 1. The highest BCUT2D eigenvalue weighted by Crippen LogP contribution is 2.33. The molecule has 1 amide bonds. The molecule has 2 aromatic rings. The fourth-order valence-electron chi connectivity index (χ4n) is 2.33. The minimum atomic E-state index is -0.285. The van der Waals surface area contributed by atoms with Crippen LogP contribution in [-0.2, 0) is 4.79 Å². The van der Waals surface area contributed by atoms with Gasteiger partial charge in [0, 0.05) is 29.8 Å². The Labute approximate surface area is 175 Å². The minimum Gasteiger partial charge on any atom is -0.507 e. The zero-order chi connectivity index (χ0) is 19.6. The number of phenols is 1. The van der Waals surface area contributed by atoms with Gasteiger partial charge in [0.05, 0.1) is 11.1 Å². The molecule has 0 aliphatic carbocycles. The number of carbonyl (C=O) groups is 1. The summed E-state index contributed by atoms with van der Waals surface area (Å²) in [5.41, 5.74) is 2.48. The fraction of sp³-hybridized carbons (Fsp3) is 0.105. The molecule has 0 spiro atoms. The van der Waals surface area contributed by atoms with Crippen molar-refractivity contribution in [2.75, 3.05) is 19.0 Å². The molecule has 1 aliphatic rings. The van der Waals surface area contributed by atoms with E-state index in [1.54, 1.807) is 24.3 Å². The van der Waals surface area contributed by atoms with Crippen LogP contribution in [0.4, 0.5) is 5.69 Å². The summed E-state index contributed by atoms with van der Waals surface area (Å²) in [6, 6.07) is 12.8. The second-order valence-electron chi connectivity index (χ2n) is 5.93. The van der Waals surface area contributed by atoms with E-state index < -0.39 is 0 Å². The molecule has 3 rings (SSSR count). The SMILES string of the molecule is CN(C)c1ccc(C=C2SC(=S)N(N=Cc3cc(Br)ccc3O)C2=O)cc1. The van der Waals surface area contributed by atoms with Gasteiger partial charge >= 0.3 is 0 Å². The average molecular weight is 462 g/mol. The number of rotatable bonds is 4. The summed E-state index contributed by atoms with van der Waals surface area (Å²) in [4.78, 5) is 15.1. The fourth-order valence-corrected chi connectivity index (χ4v) is 3.88. The molecular formula is C19H16BrN3O2S2. The number of carbonyl (C=O) groups excluding carboxylic acids is 1. The van der Waals surface area contributed by atoms with Gasteiger partial charge in [0.2, 0.25) is 0 Å². The summed E-state index contributed by atoms with van der Waals surface area (Å²) in [5.74, 6) is -0.212. The Morgan fingerprint density at radius 1 is 1.22 bits per heavy atom. The van der Waals surface area contributed by atoms with Gasteiger partial charge in [0.25, 0.3) is 5.91 Å². The number of aromatic hydroxyl groups is 1. The number of hydrogen-bond acceptors (Lipinski definition) is 6. The first kappa shape index (κ1) is 19.6. The second kappa shape index (κ2) is 8.24. The smallest absolute Gasteiger partial charge is 0.286 e. The van der Waals surface area contributed by atoms with Gasteiger partial charge in [-0.25, -0.2) is 0 Å². The van der Waals surface area contributed by atoms with E-state index in [0.29, 0.717) is 14.8 Å². The molecule has 0 atom stereocenters. The van der Waals surface area contributed by atoms with Crippen molar-refractivity contribution in [1.29, 1.82) is 0 Å². The Morgan fingerprint density at radius 3 is 2.59 bits per heavy atom. The van der Waals surface area contributed by atoms with Gasteiger partial charge in [-0.3, -0.25) is 4.79 Å². The molecule has 138 valence electrons. The number of thioether (sulfide) groups is 1. The van der Waals surface area contributed by atoms with E-state index >= 15 is 0 Å². The Hall–Kier alpha value is -2.16. The summed E-state index contributed by atoms with van der Waals surface area (Å²) in [5, 5.41) is 15.2. The van der Waals surface area contributed by atoms with E-state index in [4.69, 9.17) is 12.2 Å². The van der Waals surface area contributed by atoms with Crippen molar-refractivity contribution < 1.29 is 9.90 Å². The zero-order valence-electron chi connectivity index (χ0n) is 14.6. The molecule has 1 fully saturated rings. The molecule has 5 nitrogen and oxygen atoms in total. The number of anilines is 1. The van der Waals surface area contributed by atoms with Crippen molar-refractivity contribution in [2.24, 2.45) is 5.10 Å². The summed E-state index contributed by atoms with van der Waals surface area (Å²) >= 11 is 9.82. The van der Waals surface area contributed by atoms with Crippen LogP contribution in [0.2, 0.25) is 0 Å². The third-order valence-corrected chi connectivity index (χ3v) is 5.56. The number of nitrogens with zero attached hydrogens (tertiary/aromatic N) is 3. The van der Waals surface area contributed by atoms with Crippen molar-refractivity contribution in [3.8, 4) is 5.75 Å². The quantitative estimate of drug-likeness (QED) is 0.413. The lowest BCUT2D eigenvalue weighted by Gasteiger charge is -2.11. The minimum absolute atomic E-state index is 0.0731. The third-order valence-electron chi connectivity index (χ3n) is 3.78. The number of halogens is 1. The lowest BCUT2D eigenvalue weighted by Crippen LogP contribution is -2.22. The van der Waals surface area contributed by atoms with Gasteiger partial charge in [-0.1, -0.05) is 39.8 Å². The normalized spacial score (nSPS) is 16.0. The Balaban J connectivity index is 1.80. The predicted octanol–water partition coefficient (Wildman–Crippen LogP) is 4.46. The Morgan fingerprint density at radius 2 is 1.93 bits per heavy atom. The number of thiocarbonyl (C=S) groups is 1. The predicted molar refractivity (Wildman–Crippen MR) is 119 cm³/mol. The van der Waals surface area contributed by atoms with E-state index in [9.17, 15) is 9.90 Å². The van der Waals surface area contributed by atoms with Crippen LogP contribution in [0.15, 0.2) is 56.9 Å². The van der Waals surface area contributed by atoms with Crippen LogP contribution in [0.25, 0.3) is 6.08 Å². The van der Waals surface area contributed by atoms with E-state index in [1.807, 2.05) is 43.3 Å². The van der Waals surface area contributed by atoms with Gasteiger partial charge < -0.3 is 10.0 Å². The van der Waals surface area contributed by atoms with Crippen LogP contribution in [0, 0.1) is 0 Å². The van der Waals surface area contributed by atoms with Crippen molar-refractivity contribution in [3.05, 3.63) is 63.0 Å². The molecule has 8 heteroatoms. The lowest BCUT2D eigenvalue weighted by atomic mass is 10.2. The number of hydrogen-bond donors (Lipinski definition) is 1. The zero-order valence-corrected chi connectivity index (χ0v) is 17.8. The summed E-state index contributed by atoms with van der Waals surface area (Å²) in [6.45, 7) is 0. The maximum absolute atomic E-state index is 12.6. The van der Waals surface area contributed by atoms with Crippen LogP contribution >= 0.6 is 39.9 Å². The largest absolute Gasteiger partial charge is 0.507 e. The first-order chi connectivity index (χ1) is 12.8. The molecule has 0 bridgehead atoms. The third kappa shape index (κ3) is 4.58. The Kier molecular flexibility index (Phi) is 5.98. The highest BCUT2D eigenvalue weighted by atomic mass is 79.9. The van der Waals surface area contributed by atoms with Crippen LogP contribution in [0.3, 0.4) is 0 Å².